The van der Waals surface area contributed by atoms with E-state index in [-0.39, 0.29) is 24.0 Å². The number of allylic oxidation sites excluding steroid dienone is 1. The summed E-state index contributed by atoms with van der Waals surface area (Å²) in [6.07, 6.45) is 4.25. The molecule has 4 nitrogen and oxygen atoms in total. The van der Waals surface area contributed by atoms with Crippen molar-refractivity contribution in [3.05, 3.63) is 12.2 Å². The number of hydrogen-bond acceptors (Lipinski definition) is 2. The van der Waals surface area contributed by atoms with E-state index in [2.05, 4.69) is 0 Å². The van der Waals surface area contributed by atoms with Crippen molar-refractivity contribution in [1.82, 2.24) is 0 Å². The zero-order chi connectivity index (χ0) is 10.1. The van der Waals surface area contributed by atoms with Crippen LogP contribution >= 0.6 is 24.0 Å². The summed E-state index contributed by atoms with van der Waals surface area (Å²) in [6, 6.07) is 0. The van der Waals surface area contributed by atoms with Crippen LogP contribution in [0.4, 0.5) is 0 Å². The molecule has 0 bridgehead atoms. The minimum atomic E-state index is -1.25. The van der Waals surface area contributed by atoms with Crippen molar-refractivity contribution in [2.24, 2.45) is 11.3 Å². The molecule has 0 saturated carbocycles. The predicted octanol–water partition coefficient (Wildman–Crippen LogP) is 1.75. The first-order valence-electron chi connectivity index (χ1n) is 4.12. The highest BCUT2D eigenvalue weighted by Gasteiger charge is 2.44. The predicted molar refractivity (Wildman–Crippen MR) is 60.7 cm³/mol. The van der Waals surface area contributed by atoms with Crippen LogP contribution in [0.3, 0.4) is 0 Å². The number of rotatable bonds is 2. The van der Waals surface area contributed by atoms with Crippen LogP contribution in [0.2, 0.25) is 0 Å². The number of halogens is 1. The van der Waals surface area contributed by atoms with E-state index in [1.165, 1.54) is 13.0 Å². The highest BCUT2D eigenvalue weighted by Crippen LogP contribution is 2.36. The third-order valence-corrected chi connectivity index (χ3v) is 2.57. The fourth-order valence-corrected chi connectivity index (χ4v) is 1.61. The lowest BCUT2D eigenvalue weighted by Gasteiger charge is -2.30. The van der Waals surface area contributed by atoms with Crippen LogP contribution in [0.15, 0.2) is 12.2 Å². The average molecular weight is 312 g/mol. The van der Waals surface area contributed by atoms with E-state index < -0.39 is 23.3 Å². The largest absolute Gasteiger partial charge is 0.481 e. The van der Waals surface area contributed by atoms with Crippen LogP contribution in [-0.2, 0) is 9.59 Å². The van der Waals surface area contributed by atoms with E-state index in [9.17, 15) is 9.59 Å². The Kier molecular flexibility index (Phi) is 4.57. The maximum absolute atomic E-state index is 10.9. The maximum atomic E-state index is 10.9. The van der Waals surface area contributed by atoms with Crippen LogP contribution in [0.25, 0.3) is 0 Å². The number of hydrogen-bond donors (Lipinski definition) is 2. The minimum absolute atomic E-state index is 0. The normalized spacial score (nSPS) is 30.5. The molecule has 2 atom stereocenters. The van der Waals surface area contributed by atoms with Crippen molar-refractivity contribution in [2.45, 2.75) is 19.8 Å². The third-order valence-electron chi connectivity index (χ3n) is 2.57. The van der Waals surface area contributed by atoms with Gasteiger partial charge in [0, 0.05) is 0 Å². The molecular formula is C9H13IO4. The molecule has 0 aromatic rings. The highest BCUT2D eigenvalue weighted by molar-refractivity contribution is 14.0. The van der Waals surface area contributed by atoms with Crippen LogP contribution in [0.5, 0.6) is 0 Å². The quantitative estimate of drug-likeness (QED) is 0.602. The lowest BCUT2D eigenvalue weighted by molar-refractivity contribution is -0.158. The van der Waals surface area contributed by atoms with Gasteiger partial charge in [-0.1, -0.05) is 12.2 Å². The summed E-state index contributed by atoms with van der Waals surface area (Å²) in [5.74, 6) is -2.92. The summed E-state index contributed by atoms with van der Waals surface area (Å²) in [7, 11) is 0. The lowest BCUT2D eigenvalue weighted by Crippen LogP contribution is -2.40. The van der Waals surface area contributed by atoms with Gasteiger partial charge >= 0.3 is 11.9 Å². The summed E-state index contributed by atoms with van der Waals surface area (Å²) in [6.45, 7) is 1.45. The molecule has 0 radical (unpaired) electrons. The molecule has 80 valence electrons. The van der Waals surface area contributed by atoms with Gasteiger partial charge in [-0.3, -0.25) is 9.59 Å². The topological polar surface area (TPSA) is 74.6 Å². The van der Waals surface area contributed by atoms with Crippen molar-refractivity contribution >= 4 is 35.9 Å². The van der Waals surface area contributed by atoms with Gasteiger partial charge in [0.15, 0.2) is 0 Å². The van der Waals surface area contributed by atoms with Gasteiger partial charge in [-0.25, -0.2) is 0 Å². The van der Waals surface area contributed by atoms with Gasteiger partial charge in [0.05, 0.1) is 11.3 Å². The first kappa shape index (κ1) is 13.4. The second-order valence-corrected chi connectivity index (χ2v) is 3.46. The molecule has 0 amide bonds. The molecule has 1 rings (SSSR count). The van der Waals surface area contributed by atoms with Gasteiger partial charge in [0.25, 0.3) is 0 Å². The highest BCUT2D eigenvalue weighted by atomic mass is 127. The Labute approximate surface area is 99.0 Å². The number of carboxylic acid groups (broad SMARTS) is 2. The molecule has 0 spiro atoms. The summed E-state index contributed by atoms with van der Waals surface area (Å²) >= 11 is 0. The van der Waals surface area contributed by atoms with E-state index in [0.717, 1.165) is 0 Å². The van der Waals surface area contributed by atoms with Crippen LogP contribution in [-0.4, -0.2) is 22.2 Å². The second-order valence-electron chi connectivity index (χ2n) is 3.46. The molecule has 1 aliphatic carbocycles. The summed E-state index contributed by atoms with van der Waals surface area (Å²) in [5.41, 5.74) is -1.25. The van der Waals surface area contributed by atoms with Gasteiger partial charge < -0.3 is 10.2 Å². The number of carbonyl (C=O) groups is 2. The van der Waals surface area contributed by atoms with Gasteiger partial charge in [-0.05, 0) is 19.8 Å². The molecule has 2 N–H and O–H groups in total. The molecule has 14 heavy (non-hydrogen) atoms. The van der Waals surface area contributed by atoms with E-state index in [1.807, 2.05) is 0 Å². The zero-order valence-corrected chi connectivity index (χ0v) is 10.1. The van der Waals surface area contributed by atoms with Gasteiger partial charge in [-0.15, -0.1) is 24.0 Å². The zero-order valence-electron chi connectivity index (χ0n) is 7.77. The van der Waals surface area contributed by atoms with Crippen molar-refractivity contribution in [3.63, 3.8) is 0 Å². The van der Waals surface area contributed by atoms with Gasteiger partial charge in [0.2, 0.25) is 0 Å². The van der Waals surface area contributed by atoms with Crippen molar-refractivity contribution in [2.75, 3.05) is 0 Å². The lowest BCUT2D eigenvalue weighted by atomic mass is 9.71. The molecule has 5 heteroatoms. The summed E-state index contributed by atoms with van der Waals surface area (Å²) in [5, 5.41) is 17.7. The van der Waals surface area contributed by atoms with Crippen LogP contribution in [0, 0.1) is 11.3 Å². The third kappa shape index (κ3) is 2.26. The number of aliphatic carboxylic acids is 2. The molecule has 2 unspecified atom stereocenters. The molecule has 0 saturated heterocycles. The standard InChI is InChI=1S/C9H12O4.HI/c1-9(8(12)13)5-3-2-4-6(9)7(10)11;/h3,5-6H,2,4H2,1H3,(H,10,11)(H,12,13);1H. The maximum Gasteiger partial charge on any atom is 0.314 e. The Bertz CT molecular complexity index is 274. The van der Waals surface area contributed by atoms with Crippen molar-refractivity contribution in [3.8, 4) is 0 Å². The van der Waals surface area contributed by atoms with E-state index in [4.69, 9.17) is 10.2 Å². The number of carboxylic acids is 2. The smallest absolute Gasteiger partial charge is 0.314 e. The first-order chi connectivity index (χ1) is 5.98. The average Bonchev–Trinajstić information content (AvgIpc) is 2.04. The van der Waals surface area contributed by atoms with Crippen molar-refractivity contribution < 1.29 is 19.8 Å². The van der Waals surface area contributed by atoms with Gasteiger partial charge in [0.1, 0.15) is 0 Å². The van der Waals surface area contributed by atoms with E-state index in [1.54, 1.807) is 6.08 Å². The molecule has 1 aliphatic rings. The van der Waals surface area contributed by atoms with Gasteiger partial charge in [-0.2, -0.15) is 0 Å². The Morgan fingerprint density at radius 1 is 1.43 bits per heavy atom. The summed E-state index contributed by atoms with van der Waals surface area (Å²) < 4.78 is 0. The molecule has 0 aliphatic heterocycles. The monoisotopic (exact) mass is 312 g/mol. The van der Waals surface area contributed by atoms with E-state index >= 15 is 0 Å². The Morgan fingerprint density at radius 2 is 2.00 bits per heavy atom. The fraction of sp³-hybridized carbons (Fsp3) is 0.556. The van der Waals surface area contributed by atoms with Crippen LogP contribution < -0.4 is 0 Å². The van der Waals surface area contributed by atoms with Crippen LogP contribution in [0.1, 0.15) is 19.8 Å². The molecule has 0 aromatic carbocycles. The summed E-state index contributed by atoms with van der Waals surface area (Å²) in [4.78, 5) is 21.7. The SMILES string of the molecule is CC1(C(=O)O)C=CCCC1C(=O)O.I. The molecular weight excluding hydrogens is 299 g/mol. The Morgan fingerprint density at radius 3 is 2.36 bits per heavy atom. The Balaban J connectivity index is 0.00000169. The van der Waals surface area contributed by atoms with E-state index in [0.29, 0.717) is 12.8 Å². The second kappa shape index (κ2) is 4.77. The fourth-order valence-electron chi connectivity index (χ4n) is 1.61. The first-order valence-corrected chi connectivity index (χ1v) is 4.12. The molecule has 0 heterocycles. The van der Waals surface area contributed by atoms with Crippen molar-refractivity contribution in [1.29, 1.82) is 0 Å². The minimum Gasteiger partial charge on any atom is -0.481 e. The Hall–Kier alpha value is -0.590. The molecule has 0 fully saturated rings. The molecule has 0 aromatic heterocycles.